The molecule has 0 aromatic carbocycles. The summed E-state index contributed by atoms with van der Waals surface area (Å²) >= 11 is 0. The van der Waals surface area contributed by atoms with Crippen molar-refractivity contribution in [1.29, 1.82) is 0 Å². The minimum absolute atomic E-state index is 0.0478. The average molecular weight is 240 g/mol. The van der Waals surface area contributed by atoms with Gasteiger partial charge in [-0.2, -0.15) is 5.10 Å². The summed E-state index contributed by atoms with van der Waals surface area (Å²) in [5.41, 5.74) is 1.37. The first-order chi connectivity index (χ1) is 7.99. The molecule has 0 aliphatic heterocycles. The quantitative estimate of drug-likeness (QED) is 0.660. The predicted molar refractivity (Wildman–Crippen MR) is 61.8 cm³/mol. The molecule has 0 unspecified atom stereocenters. The molecule has 0 saturated heterocycles. The molecule has 1 aromatic rings. The summed E-state index contributed by atoms with van der Waals surface area (Å²) in [5, 5.41) is 17.7. The first kappa shape index (κ1) is 13.0. The van der Waals surface area contributed by atoms with Gasteiger partial charge in [0.1, 0.15) is 0 Å². The Bertz CT molecular complexity index is 414. The molecule has 2 amide bonds. The summed E-state index contributed by atoms with van der Waals surface area (Å²) in [6, 6.07) is -0.355. The number of hydrogen-bond donors (Lipinski definition) is 3. The molecule has 17 heavy (non-hydrogen) atoms. The van der Waals surface area contributed by atoms with Gasteiger partial charge in [0.2, 0.25) is 0 Å². The third-order valence-electron chi connectivity index (χ3n) is 2.11. The second-order valence-electron chi connectivity index (χ2n) is 3.68. The first-order valence-corrected chi connectivity index (χ1v) is 5.26. The van der Waals surface area contributed by atoms with Gasteiger partial charge in [-0.25, -0.2) is 4.79 Å². The number of carboxylic acids is 1. The maximum absolute atomic E-state index is 11.4. The summed E-state index contributed by atoms with van der Waals surface area (Å²) in [6.45, 7) is 2.12. The molecule has 3 N–H and O–H groups in total. The number of anilines is 1. The van der Waals surface area contributed by atoms with Crippen LogP contribution in [0.1, 0.15) is 18.5 Å². The van der Waals surface area contributed by atoms with Crippen molar-refractivity contribution >= 4 is 17.7 Å². The highest BCUT2D eigenvalue weighted by Crippen LogP contribution is 2.10. The zero-order valence-electron chi connectivity index (χ0n) is 9.86. The number of nitrogens with one attached hydrogen (secondary N) is 2. The third kappa shape index (κ3) is 4.54. The van der Waals surface area contributed by atoms with Crippen LogP contribution in [0.4, 0.5) is 10.5 Å². The molecule has 1 rings (SSSR count). The van der Waals surface area contributed by atoms with Crippen LogP contribution in [0, 0.1) is 6.92 Å². The number of carbonyl (C=O) groups is 2. The van der Waals surface area contributed by atoms with Gasteiger partial charge in [0, 0.05) is 26.2 Å². The Balaban J connectivity index is 2.30. The SMILES string of the molecule is Cc1nn(C)cc1NC(=O)NCCCC(=O)O. The van der Waals surface area contributed by atoms with Gasteiger partial charge < -0.3 is 15.7 Å². The molecule has 7 nitrogen and oxygen atoms in total. The Morgan fingerprint density at radius 2 is 2.24 bits per heavy atom. The fourth-order valence-corrected chi connectivity index (χ4v) is 1.33. The van der Waals surface area contributed by atoms with Gasteiger partial charge in [-0.05, 0) is 13.3 Å². The Hall–Kier alpha value is -2.05. The molecule has 94 valence electrons. The lowest BCUT2D eigenvalue weighted by Gasteiger charge is -2.05. The van der Waals surface area contributed by atoms with Gasteiger partial charge in [0.05, 0.1) is 11.4 Å². The van der Waals surface area contributed by atoms with E-state index >= 15 is 0 Å². The molecule has 0 saturated carbocycles. The van der Waals surface area contributed by atoms with Crippen LogP contribution in [-0.4, -0.2) is 33.4 Å². The lowest BCUT2D eigenvalue weighted by atomic mass is 10.3. The summed E-state index contributed by atoms with van der Waals surface area (Å²) < 4.78 is 1.61. The van der Waals surface area contributed by atoms with Crippen molar-refractivity contribution in [3.05, 3.63) is 11.9 Å². The molecule has 0 bridgehead atoms. The highest BCUT2D eigenvalue weighted by atomic mass is 16.4. The van der Waals surface area contributed by atoms with E-state index in [2.05, 4.69) is 15.7 Å². The predicted octanol–water partition coefficient (Wildman–Crippen LogP) is 0.715. The number of nitrogens with zero attached hydrogens (tertiary/aromatic N) is 2. The number of aromatic nitrogens is 2. The van der Waals surface area contributed by atoms with Crippen molar-refractivity contribution in [2.45, 2.75) is 19.8 Å². The van der Waals surface area contributed by atoms with Crippen molar-refractivity contribution < 1.29 is 14.7 Å². The molecule has 0 aliphatic carbocycles. The monoisotopic (exact) mass is 240 g/mol. The average Bonchev–Trinajstić information content (AvgIpc) is 2.52. The van der Waals surface area contributed by atoms with E-state index in [0.29, 0.717) is 18.7 Å². The maximum atomic E-state index is 11.4. The van der Waals surface area contributed by atoms with E-state index in [-0.39, 0.29) is 12.5 Å². The molecule has 7 heteroatoms. The van der Waals surface area contributed by atoms with Gasteiger partial charge in [0.25, 0.3) is 0 Å². The highest BCUT2D eigenvalue weighted by Gasteiger charge is 2.06. The minimum atomic E-state index is -0.865. The smallest absolute Gasteiger partial charge is 0.319 e. The summed E-state index contributed by atoms with van der Waals surface area (Å²) in [6.07, 6.45) is 2.16. The number of amides is 2. The summed E-state index contributed by atoms with van der Waals surface area (Å²) in [7, 11) is 1.77. The van der Waals surface area contributed by atoms with Gasteiger partial charge in [-0.1, -0.05) is 0 Å². The first-order valence-electron chi connectivity index (χ1n) is 5.26. The van der Waals surface area contributed by atoms with Crippen molar-refractivity contribution in [1.82, 2.24) is 15.1 Å². The van der Waals surface area contributed by atoms with Crippen LogP contribution < -0.4 is 10.6 Å². The van der Waals surface area contributed by atoms with Crippen molar-refractivity contribution in [3.63, 3.8) is 0 Å². The minimum Gasteiger partial charge on any atom is -0.481 e. The van der Waals surface area contributed by atoms with Crippen molar-refractivity contribution in [3.8, 4) is 0 Å². The second kappa shape index (κ2) is 5.88. The number of aliphatic carboxylic acids is 1. The van der Waals surface area contributed by atoms with Crippen LogP contribution in [0.3, 0.4) is 0 Å². The Morgan fingerprint density at radius 3 is 2.76 bits per heavy atom. The van der Waals surface area contributed by atoms with Gasteiger partial charge in [-0.15, -0.1) is 0 Å². The number of carboxylic acid groups (broad SMARTS) is 1. The Labute approximate surface area is 98.8 Å². The standard InChI is InChI=1S/C10H16N4O3/c1-7-8(6-14(2)13-7)12-10(17)11-5-3-4-9(15)16/h6H,3-5H2,1-2H3,(H,15,16)(H2,11,12,17). The molecule has 1 aromatic heterocycles. The molecule has 1 heterocycles. The van der Waals surface area contributed by atoms with E-state index in [0.717, 1.165) is 5.69 Å². The number of rotatable bonds is 5. The van der Waals surface area contributed by atoms with Crippen LogP contribution >= 0.6 is 0 Å². The zero-order valence-corrected chi connectivity index (χ0v) is 9.86. The van der Waals surface area contributed by atoms with Crippen LogP contribution in [0.15, 0.2) is 6.20 Å². The number of hydrogen-bond acceptors (Lipinski definition) is 3. The fraction of sp³-hybridized carbons (Fsp3) is 0.500. The second-order valence-corrected chi connectivity index (χ2v) is 3.68. The van der Waals surface area contributed by atoms with E-state index in [4.69, 9.17) is 5.11 Å². The van der Waals surface area contributed by atoms with Crippen molar-refractivity contribution in [2.75, 3.05) is 11.9 Å². The number of aryl methyl sites for hydroxylation is 2. The summed E-state index contributed by atoms with van der Waals surface area (Å²) in [4.78, 5) is 21.7. The normalized spacial score (nSPS) is 10.0. The molecule has 0 atom stereocenters. The molecule has 0 spiro atoms. The lowest BCUT2D eigenvalue weighted by Crippen LogP contribution is -2.29. The molecular formula is C10H16N4O3. The Kier molecular flexibility index (Phi) is 4.50. The Morgan fingerprint density at radius 1 is 1.53 bits per heavy atom. The van der Waals surface area contributed by atoms with Crippen LogP contribution in [0.5, 0.6) is 0 Å². The topological polar surface area (TPSA) is 96.3 Å². The van der Waals surface area contributed by atoms with Gasteiger partial charge in [-0.3, -0.25) is 9.48 Å². The van der Waals surface area contributed by atoms with Gasteiger partial charge in [0.15, 0.2) is 0 Å². The van der Waals surface area contributed by atoms with E-state index in [1.54, 1.807) is 24.9 Å². The highest BCUT2D eigenvalue weighted by molar-refractivity contribution is 5.89. The molecule has 0 aliphatic rings. The van der Waals surface area contributed by atoms with Gasteiger partial charge >= 0.3 is 12.0 Å². The zero-order chi connectivity index (χ0) is 12.8. The van der Waals surface area contributed by atoms with E-state index in [9.17, 15) is 9.59 Å². The third-order valence-corrected chi connectivity index (χ3v) is 2.11. The van der Waals surface area contributed by atoms with E-state index in [1.165, 1.54) is 0 Å². The molecule has 0 fully saturated rings. The largest absolute Gasteiger partial charge is 0.481 e. The maximum Gasteiger partial charge on any atom is 0.319 e. The van der Waals surface area contributed by atoms with Crippen molar-refractivity contribution in [2.24, 2.45) is 7.05 Å². The fourth-order valence-electron chi connectivity index (χ4n) is 1.33. The van der Waals surface area contributed by atoms with Crippen LogP contribution in [-0.2, 0) is 11.8 Å². The summed E-state index contributed by atoms with van der Waals surface area (Å²) in [5.74, 6) is -0.865. The van der Waals surface area contributed by atoms with Crippen LogP contribution in [0.25, 0.3) is 0 Å². The number of carbonyl (C=O) groups excluding carboxylic acids is 1. The van der Waals surface area contributed by atoms with Crippen LogP contribution in [0.2, 0.25) is 0 Å². The van der Waals surface area contributed by atoms with E-state index < -0.39 is 5.97 Å². The number of urea groups is 1. The van der Waals surface area contributed by atoms with E-state index in [1.807, 2.05) is 0 Å². The molecular weight excluding hydrogens is 224 g/mol. The lowest BCUT2D eigenvalue weighted by molar-refractivity contribution is -0.137. The molecule has 0 radical (unpaired) electrons.